The molecule has 0 saturated carbocycles. The van der Waals surface area contributed by atoms with E-state index >= 15 is 0 Å². The Bertz CT molecular complexity index is 479. The molecule has 0 aromatic carbocycles. The van der Waals surface area contributed by atoms with Crippen molar-refractivity contribution in [1.29, 1.82) is 0 Å². The second kappa shape index (κ2) is 5.85. The molecule has 0 bridgehead atoms. The van der Waals surface area contributed by atoms with Crippen LogP contribution in [0.3, 0.4) is 0 Å². The molecule has 144 valence electrons. The number of carbonyl (C=O) groups excluding carboxylic acids is 1. The van der Waals surface area contributed by atoms with Gasteiger partial charge in [0.05, 0.1) is 0 Å². The first-order valence-electron chi connectivity index (χ1n) is 4.67. The molecular formula is C7F14O3. The van der Waals surface area contributed by atoms with Gasteiger partial charge in [0.15, 0.2) is 0 Å². The molecule has 0 atom stereocenters. The molecule has 0 spiro atoms. The minimum atomic E-state index is -7.47. The van der Waals surface area contributed by atoms with E-state index in [0.717, 1.165) is 0 Å². The van der Waals surface area contributed by atoms with Gasteiger partial charge in [0.1, 0.15) is 0 Å². The lowest BCUT2D eigenvalue weighted by Crippen LogP contribution is -2.60. The van der Waals surface area contributed by atoms with E-state index in [1.165, 1.54) is 4.74 Å². The zero-order chi connectivity index (χ0) is 20.0. The van der Waals surface area contributed by atoms with Crippen LogP contribution >= 0.6 is 0 Å². The van der Waals surface area contributed by atoms with Gasteiger partial charge in [-0.1, -0.05) is 0 Å². The maximum absolute atomic E-state index is 12.6. The van der Waals surface area contributed by atoms with Crippen LogP contribution in [0.15, 0.2) is 0 Å². The summed E-state index contributed by atoms with van der Waals surface area (Å²) in [5.74, 6) is -7.47. The van der Waals surface area contributed by atoms with Crippen LogP contribution in [0.4, 0.5) is 61.5 Å². The lowest BCUT2D eigenvalue weighted by molar-refractivity contribution is -0.536. The van der Waals surface area contributed by atoms with Crippen molar-refractivity contribution in [3.63, 3.8) is 0 Å². The number of rotatable bonds is 7. The van der Waals surface area contributed by atoms with Crippen molar-refractivity contribution in [3.8, 4) is 0 Å². The number of hydrogen-bond donors (Lipinski definition) is 0. The fourth-order valence-corrected chi connectivity index (χ4v) is 0.710. The lowest BCUT2D eigenvalue weighted by atomic mass is 10.3. The van der Waals surface area contributed by atoms with Crippen LogP contribution in [0.1, 0.15) is 0 Å². The summed E-state index contributed by atoms with van der Waals surface area (Å²) >= 11 is 0. The molecule has 0 aromatic rings. The quantitative estimate of drug-likeness (QED) is 0.479. The van der Waals surface area contributed by atoms with E-state index in [0.29, 0.717) is 0 Å². The van der Waals surface area contributed by atoms with Gasteiger partial charge in [-0.15, -0.1) is 0 Å². The summed E-state index contributed by atoms with van der Waals surface area (Å²) in [6.07, 6.45) is -35.5. The maximum atomic E-state index is 12.6. The first kappa shape index (κ1) is 22.6. The van der Waals surface area contributed by atoms with Crippen molar-refractivity contribution in [1.82, 2.24) is 0 Å². The first-order valence-corrected chi connectivity index (χ1v) is 4.67. The van der Waals surface area contributed by atoms with E-state index in [4.69, 9.17) is 0 Å². The monoisotopic (exact) mass is 398 g/mol. The molecule has 24 heavy (non-hydrogen) atoms. The van der Waals surface area contributed by atoms with Crippen LogP contribution in [0.2, 0.25) is 0 Å². The standard InChI is InChI=1S/C7F14O3/c8-1(22)2(9,10)23-6(18,19)7(20,21)24-5(16,17)3(11,12)4(13,14)15. The van der Waals surface area contributed by atoms with E-state index in [1.54, 1.807) is 4.74 Å². The first-order chi connectivity index (χ1) is 10.1. The molecule has 0 rings (SSSR count). The highest BCUT2D eigenvalue weighted by atomic mass is 19.4. The molecule has 0 saturated heterocycles. The van der Waals surface area contributed by atoms with E-state index < -0.39 is 42.6 Å². The summed E-state index contributed by atoms with van der Waals surface area (Å²) in [6, 6.07) is -4.15. The molecule has 0 unspecified atom stereocenters. The number of hydrogen-bond acceptors (Lipinski definition) is 3. The van der Waals surface area contributed by atoms with E-state index in [1.807, 2.05) is 0 Å². The molecule has 0 heterocycles. The van der Waals surface area contributed by atoms with E-state index in [2.05, 4.69) is 0 Å². The summed E-state index contributed by atoms with van der Waals surface area (Å²) in [6.45, 7) is 0. The molecule has 0 amide bonds. The molecule has 17 heteroatoms. The van der Waals surface area contributed by atoms with Gasteiger partial charge in [-0.3, -0.25) is 4.79 Å². The number of ether oxygens (including phenoxy) is 2. The Kier molecular flexibility index (Phi) is 5.51. The molecule has 0 aliphatic carbocycles. The average Bonchev–Trinajstić information content (AvgIpc) is 2.23. The zero-order valence-corrected chi connectivity index (χ0v) is 10.0. The van der Waals surface area contributed by atoms with E-state index in [-0.39, 0.29) is 0 Å². The fraction of sp³-hybridized carbons (Fsp3) is 0.857. The summed E-state index contributed by atoms with van der Waals surface area (Å²) in [5, 5.41) is 0. The van der Waals surface area contributed by atoms with Crippen molar-refractivity contribution in [2.75, 3.05) is 0 Å². The molecule has 0 aliphatic heterocycles. The molecule has 0 fully saturated rings. The predicted octanol–water partition coefficient (Wildman–Crippen LogP) is 4.08. The Morgan fingerprint density at radius 2 is 0.917 bits per heavy atom. The molecular weight excluding hydrogens is 398 g/mol. The minimum Gasteiger partial charge on any atom is -0.251 e. The van der Waals surface area contributed by atoms with Crippen LogP contribution in [0.5, 0.6) is 0 Å². The van der Waals surface area contributed by atoms with Crippen LogP contribution in [0.25, 0.3) is 0 Å². The Balaban J connectivity index is 5.65. The van der Waals surface area contributed by atoms with Crippen molar-refractivity contribution < 1.29 is 75.7 Å². The SMILES string of the molecule is O=C(F)C(F)(F)OC(F)(F)C(F)(F)OC(F)(F)C(F)(F)C(F)(F)F. The van der Waals surface area contributed by atoms with Crippen molar-refractivity contribution in [3.05, 3.63) is 0 Å². The summed E-state index contributed by atoms with van der Waals surface area (Å²) < 4.78 is 173. The van der Waals surface area contributed by atoms with Crippen molar-refractivity contribution >= 4 is 6.04 Å². The van der Waals surface area contributed by atoms with Crippen LogP contribution in [0, 0.1) is 0 Å². The van der Waals surface area contributed by atoms with Crippen molar-refractivity contribution in [2.24, 2.45) is 0 Å². The molecule has 3 nitrogen and oxygen atoms in total. The molecule has 0 N–H and O–H groups in total. The van der Waals surface area contributed by atoms with Gasteiger partial charge < -0.3 is 0 Å². The third kappa shape index (κ3) is 4.17. The largest absolute Gasteiger partial charge is 0.462 e. The Morgan fingerprint density at radius 3 is 1.21 bits per heavy atom. The third-order valence-electron chi connectivity index (χ3n) is 1.80. The van der Waals surface area contributed by atoms with Gasteiger partial charge in [0.2, 0.25) is 0 Å². The molecule has 0 aromatic heterocycles. The van der Waals surface area contributed by atoms with Crippen molar-refractivity contribution in [2.45, 2.75) is 36.5 Å². The van der Waals surface area contributed by atoms with Gasteiger partial charge in [-0.05, 0) is 0 Å². The highest BCUT2D eigenvalue weighted by Gasteiger charge is 2.79. The van der Waals surface area contributed by atoms with Crippen LogP contribution in [-0.2, 0) is 14.3 Å². The van der Waals surface area contributed by atoms with Crippen LogP contribution in [-0.4, -0.2) is 42.6 Å². The smallest absolute Gasteiger partial charge is 0.251 e. The van der Waals surface area contributed by atoms with Gasteiger partial charge in [-0.2, -0.15) is 61.5 Å². The summed E-state index contributed by atoms with van der Waals surface area (Å²) in [4.78, 5) is 9.47. The zero-order valence-electron chi connectivity index (χ0n) is 10.0. The van der Waals surface area contributed by atoms with Gasteiger partial charge in [0.25, 0.3) is 0 Å². The Labute approximate surface area is 120 Å². The van der Waals surface area contributed by atoms with Gasteiger partial charge in [0, 0.05) is 0 Å². The fourth-order valence-electron chi connectivity index (χ4n) is 0.710. The number of carbonyl (C=O) groups is 1. The van der Waals surface area contributed by atoms with E-state index in [9.17, 15) is 66.3 Å². The topological polar surface area (TPSA) is 35.5 Å². The molecule has 0 aliphatic rings. The third-order valence-corrected chi connectivity index (χ3v) is 1.80. The number of alkyl halides is 13. The minimum absolute atomic E-state index is 1.33. The summed E-state index contributed by atoms with van der Waals surface area (Å²) in [5.41, 5.74) is 0. The lowest BCUT2D eigenvalue weighted by Gasteiger charge is -2.33. The van der Waals surface area contributed by atoms with Gasteiger partial charge >= 0.3 is 42.6 Å². The predicted molar refractivity (Wildman–Crippen MR) is 39.1 cm³/mol. The Hall–Kier alpha value is -1.39. The highest BCUT2D eigenvalue weighted by molar-refractivity contribution is 5.74. The number of halogens is 14. The highest BCUT2D eigenvalue weighted by Crippen LogP contribution is 2.51. The average molecular weight is 398 g/mol. The van der Waals surface area contributed by atoms with Crippen LogP contribution < -0.4 is 0 Å². The summed E-state index contributed by atoms with van der Waals surface area (Å²) in [7, 11) is 0. The maximum Gasteiger partial charge on any atom is 0.462 e. The second-order valence-corrected chi connectivity index (χ2v) is 3.62. The molecule has 0 radical (unpaired) electrons. The second-order valence-electron chi connectivity index (χ2n) is 3.62. The van der Waals surface area contributed by atoms with Gasteiger partial charge in [-0.25, -0.2) is 9.47 Å². The Morgan fingerprint density at radius 1 is 0.583 bits per heavy atom. The normalized spacial score (nSPS) is 15.6.